The Labute approximate surface area is 110 Å². The van der Waals surface area contributed by atoms with Gasteiger partial charge in [0.05, 0.1) is 0 Å². The SMILES string of the molecule is CCc1ccc(N2CC3(CCCCC3)C2)cc1N. The molecule has 2 N–H and O–H groups in total. The maximum absolute atomic E-state index is 6.09. The molecule has 1 aliphatic carbocycles. The lowest BCUT2D eigenvalue weighted by atomic mass is 9.68. The van der Waals surface area contributed by atoms with Gasteiger partial charge in [0.1, 0.15) is 0 Å². The molecule has 1 aromatic rings. The van der Waals surface area contributed by atoms with Gasteiger partial charge in [0.25, 0.3) is 0 Å². The van der Waals surface area contributed by atoms with Crippen LogP contribution in [0.1, 0.15) is 44.6 Å². The first kappa shape index (κ1) is 11.9. The lowest BCUT2D eigenvalue weighted by Gasteiger charge is -2.53. The summed E-state index contributed by atoms with van der Waals surface area (Å²) in [5.41, 5.74) is 10.3. The summed E-state index contributed by atoms with van der Waals surface area (Å²) in [6.07, 6.45) is 8.21. The Morgan fingerprint density at radius 2 is 1.89 bits per heavy atom. The molecule has 98 valence electrons. The molecule has 0 unspecified atom stereocenters. The molecule has 0 bridgehead atoms. The van der Waals surface area contributed by atoms with Crippen LogP contribution in [-0.4, -0.2) is 13.1 Å². The van der Waals surface area contributed by atoms with Crippen LogP contribution in [0.4, 0.5) is 11.4 Å². The van der Waals surface area contributed by atoms with Gasteiger partial charge in [-0.25, -0.2) is 0 Å². The molecule has 1 spiro atoms. The van der Waals surface area contributed by atoms with Gasteiger partial charge in [-0.3, -0.25) is 0 Å². The van der Waals surface area contributed by atoms with Crippen LogP contribution in [0.25, 0.3) is 0 Å². The second kappa shape index (κ2) is 4.49. The molecular weight excluding hydrogens is 220 g/mol. The Bertz CT molecular complexity index is 425. The van der Waals surface area contributed by atoms with Crippen molar-refractivity contribution in [2.24, 2.45) is 5.41 Å². The Morgan fingerprint density at radius 1 is 1.17 bits per heavy atom. The summed E-state index contributed by atoms with van der Waals surface area (Å²) in [5.74, 6) is 0. The van der Waals surface area contributed by atoms with Crippen LogP contribution < -0.4 is 10.6 Å². The topological polar surface area (TPSA) is 29.3 Å². The van der Waals surface area contributed by atoms with Gasteiger partial charge < -0.3 is 10.6 Å². The number of nitrogens with zero attached hydrogens (tertiary/aromatic N) is 1. The first-order chi connectivity index (χ1) is 8.72. The Hall–Kier alpha value is -1.18. The molecule has 2 heteroatoms. The quantitative estimate of drug-likeness (QED) is 0.805. The average Bonchev–Trinajstić information content (AvgIpc) is 2.37. The highest BCUT2D eigenvalue weighted by molar-refractivity contribution is 5.61. The largest absolute Gasteiger partial charge is 0.398 e. The fourth-order valence-electron chi connectivity index (χ4n) is 3.67. The van der Waals surface area contributed by atoms with Gasteiger partial charge in [-0.1, -0.05) is 32.3 Å². The number of nitrogens with two attached hydrogens (primary N) is 1. The number of nitrogen functional groups attached to an aromatic ring is 1. The van der Waals surface area contributed by atoms with Crippen molar-refractivity contribution in [1.29, 1.82) is 0 Å². The van der Waals surface area contributed by atoms with E-state index in [9.17, 15) is 0 Å². The monoisotopic (exact) mass is 244 g/mol. The summed E-state index contributed by atoms with van der Waals surface area (Å²) >= 11 is 0. The number of anilines is 2. The smallest absolute Gasteiger partial charge is 0.0387 e. The van der Waals surface area contributed by atoms with Crippen LogP contribution in [-0.2, 0) is 6.42 Å². The maximum atomic E-state index is 6.09. The van der Waals surface area contributed by atoms with Gasteiger partial charge in [0.2, 0.25) is 0 Å². The van der Waals surface area contributed by atoms with E-state index in [0.29, 0.717) is 5.41 Å². The number of hydrogen-bond acceptors (Lipinski definition) is 2. The Kier molecular flexibility index (Phi) is 2.96. The van der Waals surface area contributed by atoms with Crippen LogP contribution in [0.3, 0.4) is 0 Å². The predicted molar refractivity (Wildman–Crippen MR) is 78.0 cm³/mol. The third-order valence-electron chi connectivity index (χ3n) is 4.84. The molecule has 1 heterocycles. The highest BCUT2D eigenvalue weighted by atomic mass is 15.2. The molecule has 1 aliphatic heterocycles. The van der Waals surface area contributed by atoms with Gasteiger partial charge >= 0.3 is 0 Å². The van der Waals surface area contributed by atoms with Crippen molar-refractivity contribution in [3.8, 4) is 0 Å². The van der Waals surface area contributed by atoms with E-state index < -0.39 is 0 Å². The molecule has 1 saturated heterocycles. The minimum Gasteiger partial charge on any atom is -0.398 e. The van der Waals surface area contributed by atoms with E-state index in [1.165, 1.54) is 56.4 Å². The van der Waals surface area contributed by atoms with Gasteiger partial charge in [-0.15, -0.1) is 0 Å². The zero-order valence-electron chi connectivity index (χ0n) is 11.4. The number of benzene rings is 1. The van der Waals surface area contributed by atoms with E-state index in [4.69, 9.17) is 5.73 Å². The molecule has 0 atom stereocenters. The van der Waals surface area contributed by atoms with Gasteiger partial charge in [0.15, 0.2) is 0 Å². The normalized spacial score (nSPS) is 21.9. The van der Waals surface area contributed by atoms with E-state index >= 15 is 0 Å². The molecule has 0 radical (unpaired) electrons. The van der Waals surface area contributed by atoms with Crippen LogP contribution in [0.15, 0.2) is 18.2 Å². The molecule has 2 nitrogen and oxygen atoms in total. The van der Waals surface area contributed by atoms with Crippen LogP contribution in [0.5, 0.6) is 0 Å². The average molecular weight is 244 g/mol. The number of rotatable bonds is 2. The third-order valence-corrected chi connectivity index (χ3v) is 4.84. The summed E-state index contributed by atoms with van der Waals surface area (Å²) in [6, 6.07) is 6.59. The molecule has 0 amide bonds. The number of hydrogen-bond donors (Lipinski definition) is 1. The van der Waals surface area contributed by atoms with E-state index in [1.54, 1.807) is 0 Å². The third kappa shape index (κ3) is 1.98. The minimum absolute atomic E-state index is 0.649. The van der Waals surface area contributed by atoms with Crippen LogP contribution in [0.2, 0.25) is 0 Å². The summed E-state index contributed by atoms with van der Waals surface area (Å²) in [7, 11) is 0. The van der Waals surface area contributed by atoms with E-state index in [2.05, 4.69) is 30.0 Å². The summed E-state index contributed by atoms with van der Waals surface area (Å²) in [6.45, 7) is 4.65. The van der Waals surface area contributed by atoms with Gasteiger partial charge in [-0.05, 0) is 37.0 Å². The standard InChI is InChI=1S/C16H24N2/c1-2-13-6-7-14(10-15(13)17)18-11-16(12-18)8-4-3-5-9-16/h6-7,10H,2-5,8-9,11-12,17H2,1H3. The first-order valence-electron chi connectivity index (χ1n) is 7.36. The van der Waals surface area contributed by atoms with Crippen molar-refractivity contribution in [1.82, 2.24) is 0 Å². The summed E-state index contributed by atoms with van der Waals surface area (Å²) in [4.78, 5) is 2.50. The first-order valence-corrected chi connectivity index (χ1v) is 7.36. The summed E-state index contributed by atoms with van der Waals surface area (Å²) in [5, 5.41) is 0. The second-order valence-corrected chi connectivity index (χ2v) is 6.15. The highest BCUT2D eigenvalue weighted by Gasteiger charge is 2.43. The Morgan fingerprint density at radius 3 is 2.50 bits per heavy atom. The lowest BCUT2D eigenvalue weighted by Crippen LogP contribution is -2.57. The van der Waals surface area contributed by atoms with Crippen molar-refractivity contribution < 1.29 is 0 Å². The van der Waals surface area contributed by atoms with Crippen LogP contribution in [0, 0.1) is 5.41 Å². The number of aryl methyl sites for hydroxylation is 1. The fraction of sp³-hybridized carbons (Fsp3) is 0.625. The lowest BCUT2D eigenvalue weighted by molar-refractivity contribution is 0.139. The zero-order valence-corrected chi connectivity index (χ0v) is 11.4. The van der Waals surface area contributed by atoms with Crippen molar-refractivity contribution in [3.63, 3.8) is 0 Å². The molecular formula is C16H24N2. The molecule has 2 fully saturated rings. The molecule has 0 aromatic heterocycles. The maximum Gasteiger partial charge on any atom is 0.0387 e. The van der Waals surface area contributed by atoms with Gasteiger partial charge in [-0.2, -0.15) is 0 Å². The second-order valence-electron chi connectivity index (χ2n) is 6.15. The van der Waals surface area contributed by atoms with E-state index in [-0.39, 0.29) is 0 Å². The Balaban J connectivity index is 1.69. The predicted octanol–water partition coefficient (Wildman–Crippen LogP) is 3.60. The zero-order chi connectivity index (χ0) is 12.6. The molecule has 3 rings (SSSR count). The minimum atomic E-state index is 0.649. The molecule has 2 aliphatic rings. The van der Waals surface area contributed by atoms with Crippen molar-refractivity contribution in [2.75, 3.05) is 23.7 Å². The molecule has 18 heavy (non-hydrogen) atoms. The van der Waals surface area contributed by atoms with Crippen LogP contribution >= 0.6 is 0 Å². The highest BCUT2D eigenvalue weighted by Crippen LogP contribution is 2.45. The summed E-state index contributed by atoms with van der Waals surface area (Å²) < 4.78 is 0. The fourth-order valence-corrected chi connectivity index (χ4v) is 3.67. The molecule has 1 saturated carbocycles. The molecule has 1 aromatic carbocycles. The van der Waals surface area contributed by atoms with Crippen molar-refractivity contribution >= 4 is 11.4 Å². The van der Waals surface area contributed by atoms with E-state index in [0.717, 1.165) is 12.1 Å². The van der Waals surface area contributed by atoms with Crippen molar-refractivity contribution in [2.45, 2.75) is 45.4 Å². The van der Waals surface area contributed by atoms with E-state index in [1.807, 2.05) is 0 Å². The van der Waals surface area contributed by atoms with Gasteiger partial charge in [0, 0.05) is 29.9 Å². The van der Waals surface area contributed by atoms with Crippen molar-refractivity contribution in [3.05, 3.63) is 23.8 Å².